The third-order valence-electron chi connectivity index (χ3n) is 5.11. The van der Waals surface area contributed by atoms with Gasteiger partial charge in [-0.1, -0.05) is 26.7 Å². The topological polar surface area (TPSA) is 41.5 Å². The predicted molar refractivity (Wildman–Crippen MR) is 86.3 cm³/mol. The van der Waals surface area contributed by atoms with E-state index in [1.165, 1.54) is 24.3 Å². The molecule has 0 radical (unpaired) electrons. The molecule has 0 saturated carbocycles. The van der Waals surface area contributed by atoms with E-state index in [1.807, 2.05) is 0 Å². The average molecular weight is 301 g/mol. The van der Waals surface area contributed by atoms with Gasteiger partial charge in [-0.25, -0.2) is 0 Å². The maximum absolute atomic E-state index is 10.2. The van der Waals surface area contributed by atoms with Crippen molar-refractivity contribution < 1.29 is 9.84 Å². The Bertz CT molecular complexity index is 272. The number of hydrogen-bond donors (Lipinski definition) is 2. The minimum atomic E-state index is -0.203. The van der Waals surface area contributed by atoms with Crippen LogP contribution in [0.1, 0.15) is 52.4 Å². The molecule has 4 heteroatoms. The number of nitrogens with one attached hydrogen (secondary N) is 1. The van der Waals surface area contributed by atoms with Crippen molar-refractivity contribution in [1.82, 2.24) is 5.32 Å². The quantitative estimate of drug-likeness (QED) is 0.791. The van der Waals surface area contributed by atoms with Gasteiger partial charge in [0, 0.05) is 19.2 Å². The van der Waals surface area contributed by atoms with Crippen molar-refractivity contribution in [2.75, 3.05) is 24.7 Å². The average Bonchev–Trinajstić information content (AvgIpc) is 2.47. The van der Waals surface area contributed by atoms with E-state index >= 15 is 0 Å². The van der Waals surface area contributed by atoms with Crippen LogP contribution in [0.3, 0.4) is 0 Å². The van der Waals surface area contributed by atoms with Crippen LogP contribution in [0.4, 0.5) is 0 Å². The van der Waals surface area contributed by atoms with Gasteiger partial charge >= 0.3 is 0 Å². The highest BCUT2D eigenvalue weighted by molar-refractivity contribution is 7.99. The van der Waals surface area contributed by atoms with Gasteiger partial charge in [-0.05, 0) is 43.1 Å². The van der Waals surface area contributed by atoms with E-state index in [-0.39, 0.29) is 11.7 Å². The van der Waals surface area contributed by atoms with Gasteiger partial charge in [-0.3, -0.25) is 0 Å². The number of thioether (sulfide) groups is 1. The summed E-state index contributed by atoms with van der Waals surface area (Å²) in [7, 11) is 0. The third kappa shape index (κ3) is 4.36. The molecular weight excluding hydrogens is 270 g/mol. The maximum atomic E-state index is 10.2. The van der Waals surface area contributed by atoms with E-state index in [0.717, 1.165) is 38.8 Å². The van der Waals surface area contributed by atoms with Gasteiger partial charge in [0.05, 0.1) is 11.7 Å². The normalized spacial score (nSPS) is 27.9. The third-order valence-corrected chi connectivity index (χ3v) is 6.09. The molecule has 2 rings (SSSR count). The standard InChI is InChI=1S/C16H31NO2S/c1-3-13(4-2)15(18)12-17-14-5-8-19-16(11-14)6-9-20-10-7-16/h13-15,17-18H,3-12H2,1-2H3. The zero-order valence-electron chi connectivity index (χ0n) is 13.1. The van der Waals surface area contributed by atoms with Crippen LogP contribution in [0.15, 0.2) is 0 Å². The van der Waals surface area contributed by atoms with Gasteiger partial charge < -0.3 is 15.2 Å². The van der Waals surface area contributed by atoms with E-state index < -0.39 is 0 Å². The fourth-order valence-electron chi connectivity index (χ4n) is 3.58. The molecule has 2 atom stereocenters. The molecule has 0 bridgehead atoms. The first-order chi connectivity index (χ1) is 9.69. The fourth-order valence-corrected chi connectivity index (χ4v) is 4.82. The Morgan fingerprint density at radius 1 is 1.30 bits per heavy atom. The van der Waals surface area contributed by atoms with Crippen molar-refractivity contribution in [3.05, 3.63) is 0 Å². The van der Waals surface area contributed by atoms with Gasteiger partial charge in [0.2, 0.25) is 0 Å². The summed E-state index contributed by atoms with van der Waals surface area (Å²) in [6.07, 6.45) is 6.54. The van der Waals surface area contributed by atoms with Gasteiger partial charge in [-0.2, -0.15) is 11.8 Å². The first-order valence-corrected chi connectivity index (χ1v) is 9.47. The van der Waals surface area contributed by atoms with Crippen LogP contribution in [-0.2, 0) is 4.74 Å². The van der Waals surface area contributed by atoms with E-state index in [4.69, 9.17) is 4.74 Å². The predicted octanol–water partition coefficient (Wildman–Crippen LogP) is 2.82. The molecule has 2 aliphatic heterocycles. The number of aliphatic hydroxyl groups is 1. The van der Waals surface area contributed by atoms with E-state index in [9.17, 15) is 5.11 Å². The SMILES string of the molecule is CCC(CC)C(O)CNC1CCOC2(CCSCC2)C1. The van der Waals surface area contributed by atoms with Gasteiger partial charge in [0.1, 0.15) is 0 Å². The Balaban J connectivity index is 1.78. The lowest BCUT2D eigenvalue weighted by molar-refractivity contribution is -0.0942. The lowest BCUT2D eigenvalue weighted by Crippen LogP contribution is -2.50. The van der Waals surface area contributed by atoms with Crippen LogP contribution < -0.4 is 5.32 Å². The smallest absolute Gasteiger partial charge is 0.0713 e. The van der Waals surface area contributed by atoms with Gasteiger partial charge in [0.25, 0.3) is 0 Å². The molecule has 2 unspecified atom stereocenters. The van der Waals surface area contributed by atoms with Crippen molar-refractivity contribution in [1.29, 1.82) is 0 Å². The lowest BCUT2D eigenvalue weighted by atomic mass is 9.85. The zero-order valence-corrected chi connectivity index (χ0v) is 13.9. The minimum absolute atomic E-state index is 0.140. The van der Waals surface area contributed by atoms with E-state index in [0.29, 0.717) is 12.0 Å². The molecule has 2 N–H and O–H groups in total. The molecule has 0 aromatic heterocycles. The van der Waals surface area contributed by atoms with Crippen molar-refractivity contribution in [3.63, 3.8) is 0 Å². The Morgan fingerprint density at radius 3 is 2.65 bits per heavy atom. The van der Waals surface area contributed by atoms with Crippen molar-refractivity contribution in [2.45, 2.75) is 70.1 Å². The van der Waals surface area contributed by atoms with E-state index in [2.05, 4.69) is 30.9 Å². The monoisotopic (exact) mass is 301 g/mol. The Labute approximate surface area is 128 Å². The Morgan fingerprint density at radius 2 is 2.00 bits per heavy atom. The first-order valence-electron chi connectivity index (χ1n) is 8.32. The second kappa shape index (κ2) is 8.02. The number of aliphatic hydroxyl groups excluding tert-OH is 1. The molecule has 0 aromatic carbocycles. The molecule has 20 heavy (non-hydrogen) atoms. The number of hydrogen-bond acceptors (Lipinski definition) is 4. The highest BCUT2D eigenvalue weighted by atomic mass is 32.2. The van der Waals surface area contributed by atoms with Crippen molar-refractivity contribution >= 4 is 11.8 Å². The first kappa shape index (κ1) is 16.6. The summed E-state index contributed by atoms with van der Waals surface area (Å²) < 4.78 is 6.12. The summed E-state index contributed by atoms with van der Waals surface area (Å²) in [6.45, 7) is 5.95. The van der Waals surface area contributed by atoms with Crippen LogP contribution >= 0.6 is 11.8 Å². The number of rotatable bonds is 6. The fraction of sp³-hybridized carbons (Fsp3) is 1.00. The molecule has 2 heterocycles. The summed E-state index contributed by atoms with van der Waals surface area (Å²) in [4.78, 5) is 0. The summed E-state index contributed by atoms with van der Waals surface area (Å²) in [5.41, 5.74) is 0.140. The van der Waals surface area contributed by atoms with Crippen LogP contribution in [0, 0.1) is 5.92 Å². The molecule has 2 aliphatic rings. The Kier molecular flexibility index (Phi) is 6.66. The summed E-state index contributed by atoms with van der Waals surface area (Å²) in [6, 6.07) is 0.524. The molecular formula is C16H31NO2S. The zero-order chi connectivity index (χ0) is 14.4. The van der Waals surface area contributed by atoms with Crippen LogP contribution in [0.25, 0.3) is 0 Å². The lowest BCUT2D eigenvalue weighted by Gasteiger charge is -2.43. The molecule has 0 aromatic rings. The van der Waals surface area contributed by atoms with Gasteiger partial charge in [0.15, 0.2) is 0 Å². The van der Waals surface area contributed by atoms with Crippen molar-refractivity contribution in [2.24, 2.45) is 5.92 Å². The molecule has 3 nitrogen and oxygen atoms in total. The van der Waals surface area contributed by atoms with Crippen LogP contribution in [0.5, 0.6) is 0 Å². The van der Waals surface area contributed by atoms with Gasteiger partial charge in [-0.15, -0.1) is 0 Å². The molecule has 0 amide bonds. The maximum Gasteiger partial charge on any atom is 0.0713 e. The van der Waals surface area contributed by atoms with Crippen molar-refractivity contribution in [3.8, 4) is 0 Å². The van der Waals surface area contributed by atoms with E-state index in [1.54, 1.807) is 0 Å². The summed E-state index contributed by atoms with van der Waals surface area (Å²) >= 11 is 2.05. The van der Waals surface area contributed by atoms with Crippen LogP contribution in [-0.4, -0.2) is 47.5 Å². The minimum Gasteiger partial charge on any atom is -0.392 e. The largest absolute Gasteiger partial charge is 0.392 e. The summed E-state index contributed by atoms with van der Waals surface area (Å²) in [5.74, 6) is 2.91. The molecule has 2 fully saturated rings. The number of ether oxygens (including phenoxy) is 1. The molecule has 0 aliphatic carbocycles. The molecule has 2 saturated heterocycles. The Hall–Kier alpha value is 0.230. The summed E-state index contributed by atoms with van der Waals surface area (Å²) in [5, 5.41) is 13.8. The highest BCUT2D eigenvalue weighted by Crippen LogP contribution is 2.37. The van der Waals surface area contributed by atoms with Crippen LogP contribution in [0.2, 0.25) is 0 Å². The molecule has 1 spiro atoms. The molecule has 118 valence electrons. The second-order valence-electron chi connectivity index (χ2n) is 6.39. The second-order valence-corrected chi connectivity index (χ2v) is 7.61. The highest BCUT2D eigenvalue weighted by Gasteiger charge is 2.38.